The minimum atomic E-state index is -1.13. The van der Waals surface area contributed by atoms with E-state index in [4.69, 9.17) is 0 Å². The molecule has 2 heterocycles. The third-order valence-corrected chi connectivity index (χ3v) is 5.90. The van der Waals surface area contributed by atoms with Crippen molar-refractivity contribution >= 4 is 29.7 Å². The first kappa shape index (κ1) is 22.5. The maximum atomic E-state index is 13.0. The molecule has 1 saturated heterocycles. The minimum absolute atomic E-state index is 0.156. The number of fused-ring (bicyclic) bond motifs is 1. The maximum Gasteiger partial charge on any atom is 0.321 e. The SMILES string of the molecule is CCCCCCNC(=O)NC(=O)c1ccc2c(c1)C(=O)N([C@@]1(C)CCC(=O)NC1=O)C2. The molecule has 0 spiro atoms. The van der Waals surface area contributed by atoms with Crippen molar-refractivity contribution in [3.05, 3.63) is 34.9 Å². The number of imide groups is 2. The second-order valence-corrected chi connectivity index (χ2v) is 8.19. The number of piperidine rings is 1. The Kier molecular flexibility index (Phi) is 6.72. The van der Waals surface area contributed by atoms with Gasteiger partial charge in [-0.25, -0.2) is 4.79 Å². The second-order valence-electron chi connectivity index (χ2n) is 8.19. The number of urea groups is 1. The summed E-state index contributed by atoms with van der Waals surface area (Å²) < 4.78 is 0. The van der Waals surface area contributed by atoms with Crippen molar-refractivity contribution in [1.82, 2.24) is 20.9 Å². The normalized spacial score (nSPS) is 20.3. The monoisotopic (exact) mass is 428 g/mol. The molecule has 0 saturated carbocycles. The summed E-state index contributed by atoms with van der Waals surface area (Å²) in [6.07, 6.45) is 4.45. The molecule has 0 aromatic heterocycles. The summed E-state index contributed by atoms with van der Waals surface area (Å²) in [5.74, 6) is -1.84. The molecule has 166 valence electrons. The average molecular weight is 428 g/mol. The number of unbranched alkanes of at least 4 members (excludes halogenated alkanes) is 3. The number of carbonyl (C=O) groups excluding carboxylic acids is 5. The first-order valence-corrected chi connectivity index (χ1v) is 10.6. The van der Waals surface area contributed by atoms with E-state index in [1.54, 1.807) is 19.1 Å². The first-order valence-electron chi connectivity index (χ1n) is 10.6. The molecule has 9 nitrogen and oxygen atoms in total. The number of hydrogen-bond donors (Lipinski definition) is 3. The predicted octanol–water partition coefficient (Wildman–Crippen LogP) is 1.86. The highest BCUT2D eigenvalue weighted by Gasteiger charge is 2.48. The number of benzene rings is 1. The van der Waals surface area contributed by atoms with Gasteiger partial charge in [-0.1, -0.05) is 32.3 Å². The Morgan fingerprint density at radius 3 is 2.65 bits per heavy atom. The van der Waals surface area contributed by atoms with Gasteiger partial charge in [0.05, 0.1) is 0 Å². The van der Waals surface area contributed by atoms with Gasteiger partial charge in [-0.3, -0.25) is 29.8 Å². The van der Waals surface area contributed by atoms with Crippen LogP contribution in [-0.2, 0) is 16.1 Å². The highest BCUT2D eigenvalue weighted by atomic mass is 16.2. The third-order valence-electron chi connectivity index (χ3n) is 5.90. The van der Waals surface area contributed by atoms with Crippen LogP contribution >= 0.6 is 0 Å². The molecule has 9 heteroatoms. The van der Waals surface area contributed by atoms with Crippen LogP contribution in [0, 0.1) is 0 Å². The molecule has 0 radical (unpaired) electrons. The van der Waals surface area contributed by atoms with E-state index >= 15 is 0 Å². The van der Waals surface area contributed by atoms with E-state index < -0.39 is 23.4 Å². The lowest BCUT2D eigenvalue weighted by atomic mass is 9.89. The number of rotatable bonds is 7. The van der Waals surface area contributed by atoms with Crippen LogP contribution < -0.4 is 16.0 Å². The van der Waals surface area contributed by atoms with Crippen molar-refractivity contribution in [3.8, 4) is 0 Å². The van der Waals surface area contributed by atoms with Crippen LogP contribution in [0.25, 0.3) is 0 Å². The van der Waals surface area contributed by atoms with Gasteiger partial charge in [-0.2, -0.15) is 0 Å². The highest BCUT2D eigenvalue weighted by molar-refractivity contribution is 6.09. The molecule has 1 fully saturated rings. The summed E-state index contributed by atoms with van der Waals surface area (Å²) >= 11 is 0. The van der Waals surface area contributed by atoms with E-state index in [0.29, 0.717) is 17.7 Å². The van der Waals surface area contributed by atoms with Crippen molar-refractivity contribution in [2.45, 2.75) is 64.5 Å². The molecule has 1 aromatic rings. The van der Waals surface area contributed by atoms with Crippen LogP contribution in [0.2, 0.25) is 0 Å². The van der Waals surface area contributed by atoms with E-state index in [2.05, 4.69) is 22.9 Å². The van der Waals surface area contributed by atoms with Crippen molar-refractivity contribution in [2.24, 2.45) is 0 Å². The van der Waals surface area contributed by atoms with E-state index in [1.165, 1.54) is 11.0 Å². The Morgan fingerprint density at radius 1 is 1.16 bits per heavy atom. The van der Waals surface area contributed by atoms with Gasteiger partial charge >= 0.3 is 6.03 Å². The summed E-state index contributed by atoms with van der Waals surface area (Å²) in [7, 11) is 0. The predicted molar refractivity (Wildman–Crippen MR) is 112 cm³/mol. The molecule has 0 aliphatic carbocycles. The molecule has 1 atom stereocenters. The maximum absolute atomic E-state index is 13.0. The number of nitrogens with one attached hydrogen (secondary N) is 3. The Labute approximate surface area is 180 Å². The Bertz CT molecular complexity index is 928. The fraction of sp³-hybridized carbons (Fsp3) is 0.500. The molecule has 31 heavy (non-hydrogen) atoms. The Balaban J connectivity index is 1.64. The van der Waals surface area contributed by atoms with Crippen LogP contribution in [0.1, 0.15) is 78.7 Å². The van der Waals surface area contributed by atoms with Crippen molar-refractivity contribution in [2.75, 3.05) is 6.54 Å². The van der Waals surface area contributed by atoms with Gasteiger partial charge in [0.1, 0.15) is 5.54 Å². The third kappa shape index (κ3) is 4.76. The van der Waals surface area contributed by atoms with E-state index in [0.717, 1.165) is 25.7 Å². The highest BCUT2D eigenvalue weighted by Crippen LogP contribution is 2.34. The summed E-state index contributed by atoms with van der Waals surface area (Å²) in [5.41, 5.74) is 0.0549. The van der Waals surface area contributed by atoms with Crippen molar-refractivity contribution < 1.29 is 24.0 Å². The van der Waals surface area contributed by atoms with Crippen LogP contribution in [0.15, 0.2) is 18.2 Å². The minimum Gasteiger partial charge on any atom is -0.338 e. The van der Waals surface area contributed by atoms with Gasteiger partial charge < -0.3 is 10.2 Å². The topological polar surface area (TPSA) is 125 Å². The molecule has 0 unspecified atom stereocenters. The summed E-state index contributed by atoms with van der Waals surface area (Å²) in [6, 6.07) is 4.06. The average Bonchev–Trinajstić information content (AvgIpc) is 3.07. The van der Waals surface area contributed by atoms with Gasteiger partial charge in [0.2, 0.25) is 5.91 Å². The fourth-order valence-electron chi connectivity index (χ4n) is 3.87. The van der Waals surface area contributed by atoms with E-state index in [-0.39, 0.29) is 36.8 Å². The molecular formula is C22H28N4O5. The second kappa shape index (κ2) is 9.28. The van der Waals surface area contributed by atoms with Gasteiger partial charge in [0.25, 0.3) is 17.7 Å². The zero-order chi connectivity index (χ0) is 22.6. The molecular weight excluding hydrogens is 400 g/mol. The standard InChI is InChI=1S/C22H28N4O5/c1-3-4-5-6-11-23-21(31)25-18(28)14-7-8-15-13-26(19(29)16(15)12-14)22(2)10-9-17(27)24-20(22)30/h7-8,12H,3-6,9-11,13H2,1-2H3,(H,24,27,30)(H2,23,25,28,31)/t22-/m0/s1. The van der Waals surface area contributed by atoms with Crippen molar-refractivity contribution in [1.29, 1.82) is 0 Å². The summed E-state index contributed by atoms with van der Waals surface area (Å²) in [5, 5.41) is 7.21. The van der Waals surface area contributed by atoms with Gasteiger partial charge in [-0.15, -0.1) is 0 Å². The lowest BCUT2D eigenvalue weighted by molar-refractivity contribution is -0.142. The number of carbonyl (C=O) groups is 5. The van der Waals surface area contributed by atoms with E-state index in [1.807, 2.05) is 0 Å². The smallest absolute Gasteiger partial charge is 0.321 e. The van der Waals surface area contributed by atoms with Gasteiger partial charge in [-0.05, 0) is 37.5 Å². The molecule has 0 bridgehead atoms. The van der Waals surface area contributed by atoms with Crippen LogP contribution in [0.3, 0.4) is 0 Å². The van der Waals surface area contributed by atoms with E-state index in [9.17, 15) is 24.0 Å². The zero-order valence-electron chi connectivity index (χ0n) is 17.9. The molecule has 1 aromatic carbocycles. The lowest BCUT2D eigenvalue weighted by Crippen LogP contribution is -2.61. The number of amides is 6. The number of hydrogen-bond acceptors (Lipinski definition) is 5. The van der Waals surface area contributed by atoms with Crippen LogP contribution in [0.4, 0.5) is 4.79 Å². The largest absolute Gasteiger partial charge is 0.338 e. The molecule has 2 aliphatic rings. The van der Waals surface area contributed by atoms with Crippen LogP contribution in [0.5, 0.6) is 0 Å². The molecule has 2 aliphatic heterocycles. The zero-order valence-corrected chi connectivity index (χ0v) is 17.9. The van der Waals surface area contributed by atoms with Crippen molar-refractivity contribution in [3.63, 3.8) is 0 Å². The first-order chi connectivity index (χ1) is 14.8. The molecule has 3 rings (SSSR count). The summed E-state index contributed by atoms with van der Waals surface area (Å²) in [4.78, 5) is 62.7. The number of nitrogens with zero attached hydrogens (tertiary/aromatic N) is 1. The lowest BCUT2D eigenvalue weighted by Gasteiger charge is -2.39. The Morgan fingerprint density at radius 2 is 1.94 bits per heavy atom. The molecule has 6 amide bonds. The van der Waals surface area contributed by atoms with Crippen LogP contribution in [-0.4, -0.2) is 46.6 Å². The summed E-state index contributed by atoms with van der Waals surface area (Å²) in [6.45, 7) is 4.44. The quantitative estimate of drug-likeness (QED) is 0.452. The molecule has 3 N–H and O–H groups in total. The fourth-order valence-corrected chi connectivity index (χ4v) is 3.87. The van der Waals surface area contributed by atoms with Gasteiger partial charge in [0, 0.05) is 30.6 Å². The Hall–Kier alpha value is -3.23. The van der Waals surface area contributed by atoms with Gasteiger partial charge in [0.15, 0.2) is 0 Å².